The Kier molecular flexibility index (Phi) is 4.50. The van der Waals surface area contributed by atoms with Crippen molar-refractivity contribution in [3.63, 3.8) is 0 Å². The number of carbonyl (C=O) groups excluding carboxylic acids is 1. The first-order valence-corrected chi connectivity index (χ1v) is 9.21. The van der Waals surface area contributed by atoms with Crippen molar-refractivity contribution in [2.75, 3.05) is 19.7 Å². The number of nitrogens with one attached hydrogen (secondary N) is 1. The lowest BCUT2D eigenvalue weighted by molar-refractivity contribution is -0.140. The summed E-state index contributed by atoms with van der Waals surface area (Å²) in [6.07, 6.45) is 3.96. The highest BCUT2D eigenvalue weighted by Gasteiger charge is 2.44. The van der Waals surface area contributed by atoms with Crippen molar-refractivity contribution >= 4 is 16.9 Å². The number of likely N-dealkylation sites (tertiary alicyclic amines) is 1. The molecule has 0 radical (unpaired) electrons. The molecule has 28 heavy (non-hydrogen) atoms. The second kappa shape index (κ2) is 6.99. The zero-order valence-corrected chi connectivity index (χ0v) is 15.7. The molecule has 1 aliphatic rings. The number of amides is 1. The third kappa shape index (κ3) is 3.19. The van der Waals surface area contributed by atoms with Gasteiger partial charge in [-0.1, -0.05) is 13.5 Å². The van der Waals surface area contributed by atoms with Crippen LogP contribution in [0.4, 0.5) is 0 Å². The molecular weight excluding hydrogens is 356 g/mol. The molecule has 1 aromatic carbocycles. The van der Waals surface area contributed by atoms with Gasteiger partial charge in [-0.2, -0.15) is 5.10 Å². The highest BCUT2D eigenvalue weighted by Crippen LogP contribution is 2.36. The van der Waals surface area contributed by atoms with Crippen molar-refractivity contribution in [2.24, 2.45) is 5.41 Å². The fourth-order valence-electron chi connectivity index (χ4n) is 3.50. The van der Waals surface area contributed by atoms with Crippen LogP contribution in [-0.2, 0) is 4.79 Å². The summed E-state index contributed by atoms with van der Waals surface area (Å²) in [6.45, 7) is 7.49. The van der Waals surface area contributed by atoms with Crippen LogP contribution in [0.25, 0.3) is 22.3 Å². The molecule has 7 nitrogen and oxygen atoms in total. The standard InChI is InChI=1S/C21H22N4O3/c1-3-19(27)25-11-21(4-2,12-25)13-28-18-9-17(14-5-7-15(26)8-6-14)23-20-16(18)10-22-24-20/h3,5-10,26H,1,4,11-13H2,2H3,(H,22,23,24). The third-order valence-electron chi connectivity index (χ3n) is 5.37. The maximum absolute atomic E-state index is 11.8. The Labute approximate surface area is 162 Å². The van der Waals surface area contributed by atoms with E-state index >= 15 is 0 Å². The molecule has 7 heteroatoms. The molecule has 1 amide bonds. The molecule has 0 unspecified atom stereocenters. The van der Waals surface area contributed by atoms with E-state index in [0.717, 1.165) is 23.1 Å². The first-order chi connectivity index (χ1) is 13.5. The minimum absolute atomic E-state index is 0.0418. The van der Waals surface area contributed by atoms with Gasteiger partial charge in [0.1, 0.15) is 11.5 Å². The summed E-state index contributed by atoms with van der Waals surface area (Å²) in [5.74, 6) is 0.860. The molecule has 144 valence electrons. The highest BCUT2D eigenvalue weighted by atomic mass is 16.5. The number of benzene rings is 1. The summed E-state index contributed by atoms with van der Waals surface area (Å²) >= 11 is 0. The zero-order chi connectivity index (χ0) is 19.7. The van der Waals surface area contributed by atoms with E-state index in [0.29, 0.717) is 31.1 Å². The summed E-state index contributed by atoms with van der Waals surface area (Å²) in [5.41, 5.74) is 2.18. The van der Waals surface area contributed by atoms with Gasteiger partial charge in [0.15, 0.2) is 5.65 Å². The Morgan fingerprint density at radius 1 is 1.39 bits per heavy atom. The summed E-state index contributed by atoms with van der Waals surface area (Å²) in [5, 5.41) is 17.3. The lowest BCUT2D eigenvalue weighted by atomic mass is 9.78. The number of hydrogen-bond donors (Lipinski definition) is 2. The Morgan fingerprint density at radius 2 is 2.14 bits per heavy atom. The van der Waals surface area contributed by atoms with Gasteiger partial charge in [0.05, 0.1) is 23.9 Å². The third-order valence-corrected chi connectivity index (χ3v) is 5.37. The van der Waals surface area contributed by atoms with Gasteiger partial charge in [-0.15, -0.1) is 0 Å². The number of ether oxygens (including phenoxy) is 1. The number of aromatic nitrogens is 3. The smallest absolute Gasteiger partial charge is 0.245 e. The van der Waals surface area contributed by atoms with Gasteiger partial charge in [-0.3, -0.25) is 9.89 Å². The lowest BCUT2D eigenvalue weighted by Crippen LogP contribution is -2.60. The number of aromatic amines is 1. The molecule has 3 heterocycles. The van der Waals surface area contributed by atoms with Crippen LogP contribution in [0.1, 0.15) is 13.3 Å². The molecule has 0 aliphatic carbocycles. The van der Waals surface area contributed by atoms with Gasteiger partial charge in [-0.05, 0) is 36.8 Å². The molecule has 0 atom stereocenters. The van der Waals surface area contributed by atoms with Crippen molar-refractivity contribution in [2.45, 2.75) is 13.3 Å². The van der Waals surface area contributed by atoms with Gasteiger partial charge < -0.3 is 14.7 Å². The van der Waals surface area contributed by atoms with Crippen LogP contribution < -0.4 is 4.74 Å². The number of nitrogens with zero attached hydrogens (tertiary/aromatic N) is 3. The average Bonchev–Trinajstić information content (AvgIpc) is 3.16. The number of phenolic OH excluding ortho intramolecular Hbond substituents is 1. The van der Waals surface area contributed by atoms with Crippen LogP contribution in [0.15, 0.2) is 49.2 Å². The van der Waals surface area contributed by atoms with Gasteiger partial charge in [0.2, 0.25) is 5.91 Å². The second-order valence-corrected chi connectivity index (χ2v) is 7.23. The fraction of sp³-hybridized carbons (Fsp3) is 0.286. The first kappa shape index (κ1) is 18.0. The number of H-pyrrole nitrogens is 1. The normalized spacial score (nSPS) is 15.2. The second-order valence-electron chi connectivity index (χ2n) is 7.23. The van der Waals surface area contributed by atoms with Gasteiger partial charge in [-0.25, -0.2) is 4.98 Å². The number of aromatic hydroxyl groups is 1. The fourth-order valence-corrected chi connectivity index (χ4v) is 3.50. The molecule has 3 aromatic rings. The Bertz CT molecular complexity index is 1020. The Balaban J connectivity index is 1.58. The first-order valence-electron chi connectivity index (χ1n) is 9.21. The largest absolute Gasteiger partial charge is 0.508 e. The van der Waals surface area contributed by atoms with Gasteiger partial charge >= 0.3 is 0 Å². The van der Waals surface area contributed by atoms with Crippen LogP contribution in [0, 0.1) is 5.41 Å². The monoisotopic (exact) mass is 378 g/mol. The maximum atomic E-state index is 11.8. The van der Waals surface area contributed by atoms with E-state index in [4.69, 9.17) is 4.74 Å². The summed E-state index contributed by atoms with van der Waals surface area (Å²) in [7, 11) is 0. The van der Waals surface area contributed by atoms with Crippen LogP contribution in [0.5, 0.6) is 11.5 Å². The van der Waals surface area contributed by atoms with E-state index in [1.807, 2.05) is 18.2 Å². The van der Waals surface area contributed by atoms with E-state index in [2.05, 4.69) is 28.7 Å². The molecule has 1 aliphatic heterocycles. The zero-order valence-electron chi connectivity index (χ0n) is 15.7. The van der Waals surface area contributed by atoms with E-state index in [1.165, 1.54) is 6.08 Å². The van der Waals surface area contributed by atoms with Crippen molar-refractivity contribution < 1.29 is 14.6 Å². The average molecular weight is 378 g/mol. The number of pyridine rings is 1. The Morgan fingerprint density at radius 3 is 2.82 bits per heavy atom. The van der Waals surface area contributed by atoms with E-state index < -0.39 is 0 Å². The summed E-state index contributed by atoms with van der Waals surface area (Å²) < 4.78 is 6.21. The van der Waals surface area contributed by atoms with Crippen molar-refractivity contribution in [3.8, 4) is 22.8 Å². The van der Waals surface area contributed by atoms with Crippen LogP contribution in [0.3, 0.4) is 0 Å². The van der Waals surface area contributed by atoms with Crippen molar-refractivity contribution in [1.29, 1.82) is 0 Å². The number of phenols is 1. The molecule has 0 bridgehead atoms. The molecule has 2 aromatic heterocycles. The van der Waals surface area contributed by atoms with Crippen molar-refractivity contribution in [3.05, 3.63) is 49.2 Å². The topological polar surface area (TPSA) is 91.3 Å². The van der Waals surface area contributed by atoms with Crippen LogP contribution in [0.2, 0.25) is 0 Å². The number of carbonyl (C=O) groups is 1. The number of rotatable bonds is 6. The van der Waals surface area contributed by atoms with Crippen molar-refractivity contribution in [1.82, 2.24) is 20.1 Å². The predicted octanol–water partition coefficient (Wildman–Crippen LogP) is 3.13. The van der Waals surface area contributed by atoms with Gasteiger partial charge in [0, 0.05) is 30.1 Å². The lowest BCUT2D eigenvalue weighted by Gasteiger charge is -2.49. The molecular formula is C21H22N4O3. The Hall–Kier alpha value is -3.35. The predicted molar refractivity (Wildman–Crippen MR) is 106 cm³/mol. The molecule has 4 rings (SSSR count). The molecule has 1 saturated heterocycles. The molecule has 2 N–H and O–H groups in total. The number of fused-ring (bicyclic) bond motifs is 1. The van der Waals surface area contributed by atoms with E-state index in [1.54, 1.807) is 23.2 Å². The SMILES string of the molecule is C=CC(=O)N1CC(CC)(COc2cc(-c3ccc(O)cc3)nc3[nH]ncc23)C1. The maximum Gasteiger partial charge on any atom is 0.245 e. The van der Waals surface area contributed by atoms with E-state index in [9.17, 15) is 9.90 Å². The summed E-state index contributed by atoms with van der Waals surface area (Å²) in [4.78, 5) is 18.1. The van der Waals surface area contributed by atoms with Crippen LogP contribution >= 0.6 is 0 Å². The summed E-state index contributed by atoms with van der Waals surface area (Å²) in [6, 6.07) is 8.75. The minimum Gasteiger partial charge on any atom is -0.508 e. The highest BCUT2D eigenvalue weighted by molar-refractivity contribution is 5.88. The molecule has 1 fully saturated rings. The van der Waals surface area contributed by atoms with Gasteiger partial charge in [0.25, 0.3) is 0 Å². The minimum atomic E-state index is -0.0588. The molecule has 0 saturated carbocycles. The molecule has 0 spiro atoms. The van der Waals surface area contributed by atoms with E-state index in [-0.39, 0.29) is 17.1 Å². The number of hydrogen-bond acceptors (Lipinski definition) is 5. The van der Waals surface area contributed by atoms with Crippen LogP contribution in [-0.4, -0.2) is 50.8 Å². The quantitative estimate of drug-likeness (QED) is 0.643.